The summed E-state index contributed by atoms with van der Waals surface area (Å²) < 4.78 is 10.8. The Bertz CT molecular complexity index is 940. The highest BCUT2D eigenvalue weighted by Crippen LogP contribution is 2.36. The molecule has 8 heteroatoms. The molecule has 0 spiro atoms. The number of nitrogens with zero attached hydrogens (tertiary/aromatic N) is 1. The lowest BCUT2D eigenvalue weighted by atomic mass is 9.84. The fourth-order valence-electron chi connectivity index (χ4n) is 3.69. The van der Waals surface area contributed by atoms with Gasteiger partial charge >= 0.3 is 6.03 Å². The molecule has 2 aliphatic heterocycles. The first kappa shape index (κ1) is 20.5. The zero-order chi connectivity index (χ0) is 21.1. The molecule has 7 nitrogen and oxygen atoms in total. The fraction of sp³-hybridized carbons (Fsp3) is 0.455. The van der Waals surface area contributed by atoms with Gasteiger partial charge in [0.15, 0.2) is 11.5 Å². The molecule has 3 amide bonds. The summed E-state index contributed by atoms with van der Waals surface area (Å²) in [5, 5.41) is 7.78. The predicted octanol–water partition coefficient (Wildman–Crippen LogP) is 3.03. The minimum atomic E-state index is -0.278. The molecule has 4 rings (SSSR count). The summed E-state index contributed by atoms with van der Waals surface area (Å²) in [6.07, 6.45) is 1.22. The Balaban J connectivity index is 1.20. The third-order valence-electron chi connectivity index (χ3n) is 5.63. The van der Waals surface area contributed by atoms with Crippen LogP contribution in [0, 0.1) is 0 Å². The van der Waals surface area contributed by atoms with Crippen LogP contribution in [0.1, 0.15) is 36.3 Å². The van der Waals surface area contributed by atoms with Gasteiger partial charge < -0.3 is 25.0 Å². The second-order valence-electron chi connectivity index (χ2n) is 8.25. The molecule has 0 atom stereocenters. The first-order valence-corrected chi connectivity index (χ1v) is 11.1. The number of nitrogens with one attached hydrogen (secondary N) is 2. The van der Waals surface area contributed by atoms with E-state index in [9.17, 15) is 9.59 Å². The van der Waals surface area contributed by atoms with Gasteiger partial charge in [0.05, 0.1) is 0 Å². The minimum absolute atomic E-state index is 0.0767. The zero-order valence-corrected chi connectivity index (χ0v) is 18.1. The van der Waals surface area contributed by atoms with Crippen molar-refractivity contribution >= 4 is 23.3 Å². The quantitative estimate of drug-likeness (QED) is 0.740. The van der Waals surface area contributed by atoms with Crippen LogP contribution in [0.3, 0.4) is 0 Å². The molecule has 2 aromatic rings. The average Bonchev–Trinajstić information content (AvgIpc) is 3.40. The number of thiophene rings is 1. The third kappa shape index (κ3) is 4.53. The van der Waals surface area contributed by atoms with E-state index in [1.165, 1.54) is 10.4 Å². The van der Waals surface area contributed by atoms with E-state index in [0.29, 0.717) is 26.1 Å². The molecule has 0 aliphatic carbocycles. The van der Waals surface area contributed by atoms with Crippen LogP contribution in [0.4, 0.5) is 4.79 Å². The molecule has 0 radical (unpaired) electrons. The van der Waals surface area contributed by atoms with Crippen LogP contribution in [0.2, 0.25) is 0 Å². The van der Waals surface area contributed by atoms with Crippen molar-refractivity contribution in [2.24, 2.45) is 0 Å². The van der Waals surface area contributed by atoms with Crippen LogP contribution >= 0.6 is 11.3 Å². The van der Waals surface area contributed by atoms with Crippen LogP contribution in [-0.2, 0) is 23.2 Å². The highest BCUT2D eigenvalue weighted by molar-refractivity contribution is 7.10. The first-order chi connectivity index (χ1) is 14.4. The van der Waals surface area contributed by atoms with E-state index in [2.05, 4.69) is 35.9 Å². The Morgan fingerprint density at radius 3 is 2.87 bits per heavy atom. The molecule has 30 heavy (non-hydrogen) atoms. The molecule has 0 saturated heterocycles. The topological polar surface area (TPSA) is 79.9 Å². The third-order valence-corrected chi connectivity index (χ3v) is 6.65. The Hall–Kier alpha value is -2.74. The molecule has 2 N–H and O–H groups in total. The highest BCUT2D eigenvalue weighted by Gasteiger charge is 2.25. The number of hydrogen-bond acceptors (Lipinski definition) is 5. The summed E-state index contributed by atoms with van der Waals surface area (Å²) in [5.41, 5.74) is 2.02. The van der Waals surface area contributed by atoms with E-state index < -0.39 is 0 Å². The largest absolute Gasteiger partial charge is 0.454 e. The molecule has 0 fully saturated rings. The number of urea groups is 1. The maximum atomic E-state index is 12.4. The summed E-state index contributed by atoms with van der Waals surface area (Å²) in [5.74, 6) is 1.55. The van der Waals surface area contributed by atoms with Crippen LogP contribution in [0.25, 0.3) is 0 Å². The number of hydrogen-bond donors (Lipinski definition) is 2. The Morgan fingerprint density at radius 1 is 1.17 bits per heavy atom. The van der Waals surface area contributed by atoms with Gasteiger partial charge in [-0.15, -0.1) is 11.3 Å². The number of ether oxygens (including phenoxy) is 2. The predicted molar refractivity (Wildman–Crippen MR) is 115 cm³/mol. The Kier molecular flexibility index (Phi) is 5.85. The molecule has 160 valence electrons. The van der Waals surface area contributed by atoms with Crippen molar-refractivity contribution in [1.82, 2.24) is 15.5 Å². The van der Waals surface area contributed by atoms with Crippen LogP contribution in [-0.4, -0.2) is 43.3 Å². The zero-order valence-electron chi connectivity index (χ0n) is 17.3. The van der Waals surface area contributed by atoms with Gasteiger partial charge in [0.2, 0.25) is 12.7 Å². The lowest BCUT2D eigenvalue weighted by molar-refractivity contribution is -0.131. The standard InChI is InChI=1S/C22H27N3O4S/c1-22(2,16-3-4-17-18(11-16)29-14-28-17)13-24-21(27)23-8-5-20(26)25-9-6-19-15(12-25)7-10-30-19/h3-4,7,10-11H,5-6,8-9,12-14H2,1-2H3,(H2,23,24,27). The number of amides is 3. The van der Waals surface area contributed by atoms with E-state index >= 15 is 0 Å². The maximum absolute atomic E-state index is 12.4. The van der Waals surface area contributed by atoms with Crippen molar-refractivity contribution in [1.29, 1.82) is 0 Å². The summed E-state index contributed by atoms with van der Waals surface area (Å²) in [7, 11) is 0. The summed E-state index contributed by atoms with van der Waals surface area (Å²) in [4.78, 5) is 27.9. The van der Waals surface area contributed by atoms with E-state index in [4.69, 9.17) is 9.47 Å². The average molecular weight is 430 g/mol. The number of fused-ring (bicyclic) bond motifs is 2. The van der Waals surface area contributed by atoms with Crippen molar-refractivity contribution < 1.29 is 19.1 Å². The van der Waals surface area contributed by atoms with Crippen LogP contribution in [0.5, 0.6) is 11.5 Å². The van der Waals surface area contributed by atoms with Gasteiger partial charge in [0, 0.05) is 42.9 Å². The minimum Gasteiger partial charge on any atom is -0.454 e. The van der Waals surface area contributed by atoms with Gasteiger partial charge in [-0.3, -0.25) is 4.79 Å². The van der Waals surface area contributed by atoms with Gasteiger partial charge in [-0.25, -0.2) is 4.79 Å². The SMILES string of the molecule is CC(C)(CNC(=O)NCCC(=O)N1CCc2sccc2C1)c1ccc2c(c1)OCO2. The molecule has 0 bridgehead atoms. The maximum Gasteiger partial charge on any atom is 0.314 e. The number of rotatable bonds is 6. The first-order valence-electron chi connectivity index (χ1n) is 10.2. The summed E-state index contributed by atoms with van der Waals surface area (Å²) >= 11 is 1.76. The van der Waals surface area contributed by atoms with Crippen LogP contribution < -0.4 is 20.1 Å². The van der Waals surface area contributed by atoms with E-state index in [-0.39, 0.29) is 24.1 Å². The fourth-order valence-corrected chi connectivity index (χ4v) is 4.58. The molecule has 3 heterocycles. The molecule has 2 aliphatic rings. The summed E-state index contributed by atoms with van der Waals surface area (Å²) in [6.45, 7) is 6.56. The van der Waals surface area contributed by atoms with Crippen LogP contribution in [0.15, 0.2) is 29.6 Å². The molecule has 0 unspecified atom stereocenters. The van der Waals surface area contributed by atoms with Crippen molar-refractivity contribution in [3.63, 3.8) is 0 Å². The molecular formula is C22H27N3O4S. The van der Waals surface area contributed by atoms with Gasteiger partial charge in [0.1, 0.15) is 0 Å². The van der Waals surface area contributed by atoms with Gasteiger partial charge in [-0.2, -0.15) is 0 Å². The normalized spacial score (nSPS) is 14.9. The van der Waals surface area contributed by atoms with Gasteiger partial charge in [-0.1, -0.05) is 19.9 Å². The molecule has 1 aromatic heterocycles. The lowest BCUT2D eigenvalue weighted by Crippen LogP contribution is -2.43. The van der Waals surface area contributed by atoms with Gasteiger partial charge in [-0.05, 0) is 41.1 Å². The van der Waals surface area contributed by atoms with Crippen molar-refractivity contribution in [3.05, 3.63) is 45.6 Å². The smallest absolute Gasteiger partial charge is 0.314 e. The summed E-state index contributed by atoms with van der Waals surface area (Å²) in [6, 6.07) is 7.66. The second kappa shape index (κ2) is 8.55. The van der Waals surface area contributed by atoms with Crippen molar-refractivity contribution in [2.75, 3.05) is 26.4 Å². The van der Waals surface area contributed by atoms with E-state index in [0.717, 1.165) is 30.0 Å². The second-order valence-corrected chi connectivity index (χ2v) is 9.25. The van der Waals surface area contributed by atoms with E-state index in [1.54, 1.807) is 11.3 Å². The molecule has 1 aromatic carbocycles. The molecule has 0 saturated carbocycles. The highest BCUT2D eigenvalue weighted by atomic mass is 32.1. The monoisotopic (exact) mass is 429 g/mol. The van der Waals surface area contributed by atoms with Crippen molar-refractivity contribution in [2.45, 2.75) is 38.6 Å². The Labute approximate surface area is 180 Å². The number of carbonyl (C=O) groups is 2. The lowest BCUT2D eigenvalue weighted by Gasteiger charge is -2.27. The number of carbonyl (C=O) groups excluding carboxylic acids is 2. The molecular weight excluding hydrogens is 402 g/mol. The van der Waals surface area contributed by atoms with Gasteiger partial charge in [0.25, 0.3) is 0 Å². The Morgan fingerprint density at radius 2 is 2.00 bits per heavy atom. The van der Waals surface area contributed by atoms with Crippen molar-refractivity contribution in [3.8, 4) is 11.5 Å². The number of benzene rings is 1. The van der Waals surface area contributed by atoms with E-state index in [1.807, 2.05) is 23.1 Å².